The first-order chi connectivity index (χ1) is 12.1. The van der Waals surface area contributed by atoms with Gasteiger partial charge < -0.3 is 19.3 Å². The number of ether oxygens (including phenoxy) is 3. The highest BCUT2D eigenvalue weighted by atomic mass is 16.6. The summed E-state index contributed by atoms with van der Waals surface area (Å²) < 4.78 is 16.1. The van der Waals surface area contributed by atoms with Gasteiger partial charge in [0.1, 0.15) is 19.0 Å². The van der Waals surface area contributed by atoms with Gasteiger partial charge in [-0.05, 0) is 42.5 Å². The summed E-state index contributed by atoms with van der Waals surface area (Å²) in [5.74, 6) is 0.459. The van der Waals surface area contributed by atoms with E-state index in [4.69, 9.17) is 19.3 Å². The Balaban J connectivity index is 1.70. The molecule has 0 spiro atoms. The van der Waals surface area contributed by atoms with Crippen molar-refractivity contribution in [3.63, 3.8) is 0 Å². The fourth-order valence-corrected chi connectivity index (χ4v) is 2.35. The highest BCUT2D eigenvalue weighted by Gasteiger charge is 2.14. The van der Waals surface area contributed by atoms with Crippen LogP contribution in [-0.4, -0.2) is 36.7 Å². The van der Waals surface area contributed by atoms with E-state index in [2.05, 4.69) is 0 Å². The largest absolute Gasteiger partial charge is 0.486 e. The van der Waals surface area contributed by atoms with E-state index in [-0.39, 0.29) is 5.78 Å². The molecular formula is C19H16O6. The Morgan fingerprint density at radius 1 is 1.08 bits per heavy atom. The minimum absolute atomic E-state index is 0.181. The Bertz CT molecular complexity index is 807. The van der Waals surface area contributed by atoms with Gasteiger partial charge in [-0.2, -0.15) is 0 Å². The number of fused-ring (bicyclic) bond motifs is 1. The number of ketones is 1. The van der Waals surface area contributed by atoms with Crippen molar-refractivity contribution in [3.05, 3.63) is 59.7 Å². The fourth-order valence-electron chi connectivity index (χ4n) is 2.35. The SMILES string of the molecule is O=C(O)COc1ccc(C(=O)/C=C/c2cccc3c2OCCO3)cc1. The zero-order valence-electron chi connectivity index (χ0n) is 13.3. The van der Waals surface area contributed by atoms with Gasteiger partial charge in [0, 0.05) is 11.1 Å². The maximum atomic E-state index is 12.3. The number of para-hydroxylation sites is 1. The molecule has 0 unspecified atom stereocenters. The lowest BCUT2D eigenvalue weighted by atomic mass is 10.1. The molecular weight excluding hydrogens is 324 g/mol. The van der Waals surface area contributed by atoms with Crippen LogP contribution >= 0.6 is 0 Å². The molecule has 2 aromatic carbocycles. The zero-order chi connectivity index (χ0) is 17.6. The van der Waals surface area contributed by atoms with Gasteiger partial charge in [-0.25, -0.2) is 4.79 Å². The molecule has 6 nitrogen and oxygen atoms in total. The van der Waals surface area contributed by atoms with Crippen molar-refractivity contribution in [2.45, 2.75) is 0 Å². The average molecular weight is 340 g/mol. The molecule has 0 saturated heterocycles. The van der Waals surface area contributed by atoms with Gasteiger partial charge in [0.25, 0.3) is 0 Å². The van der Waals surface area contributed by atoms with E-state index in [0.717, 1.165) is 5.56 Å². The normalized spacial score (nSPS) is 12.8. The molecule has 0 bridgehead atoms. The standard InChI is InChI=1S/C19H16O6/c20-16(13-4-7-15(8-5-13)25-12-18(21)22)9-6-14-2-1-3-17-19(14)24-11-10-23-17/h1-9H,10-12H2,(H,21,22)/b9-6+. The molecule has 0 aliphatic carbocycles. The molecule has 0 fully saturated rings. The van der Waals surface area contributed by atoms with E-state index in [1.54, 1.807) is 30.3 Å². The third-order valence-corrected chi connectivity index (χ3v) is 3.51. The Morgan fingerprint density at radius 2 is 1.84 bits per heavy atom. The van der Waals surface area contributed by atoms with Gasteiger partial charge in [0.05, 0.1) is 0 Å². The summed E-state index contributed by atoms with van der Waals surface area (Å²) in [7, 11) is 0. The van der Waals surface area contributed by atoms with Crippen LogP contribution in [0.1, 0.15) is 15.9 Å². The van der Waals surface area contributed by atoms with Gasteiger partial charge in [-0.15, -0.1) is 0 Å². The Morgan fingerprint density at radius 3 is 2.60 bits per heavy atom. The maximum Gasteiger partial charge on any atom is 0.341 e. The van der Waals surface area contributed by atoms with E-state index in [1.165, 1.54) is 6.08 Å². The number of hydrogen-bond donors (Lipinski definition) is 1. The number of rotatable bonds is 6. The number of allylic oxidation sites excluding steroid dienone is 1. The topological polar surface area (TPSA) is 82.1 Å². The van der Waals surface area contributed by atoms with Crippen LogP contribution in [0.5, 0.6) is 17.2 Å². The minimum atomic E-state index is -1.06. The van der Waals surface area contributed by atoms with E-state index in [1.807, 2.05) is 18.2 Å². The summed E-state index contributed by atoms with van der Waals surface area (Å²) in [5.41, 5.74) is 1.24. The predicted molar refractivity (Wildman–Crippen MR) is 90.4 cm³/mol. The summed E-state index contributed by atoms with van der Waals surface area (Å²) in [6.07, 6.45) is 3.14. The van der Waals surface area contributed by atoms with Gasteiger partial charge in [-0.1, -0.05) is 12.1 Å². The van der Waals surface area contributed by atoms with Crippen LogP contribution in [0, 0.1) is 0 Å². The lowest BCUT2D eigenvalue weighted by Gasteiger charge is -2.19. The van der Waals surface area contributed by atoms with Crippen LogP contribution in [0.25, 0.3) is 6.08 Å². The van der Waals surface area contributed by atoms with Crippen LogP contribution in [0.2, 0.25) is 0 Å². The molecule has 25 heavy (non-hydrogen) atoms. The predicted octanol–water partition coefficient (Wildman–Crippen LogP) is 2.82. The maximum absolute atomic E-state index is 12.3. The number of carboxylic acid groups (broad SMARTS) is 1. The molecule has 0 atom stereocenters. The van der Waals surface area contributed by atoms with E-state index in [0.29, 0.717) is 36.0 Å². The zero-order valence-corrected chi connectivity index (χ0v) is 13.3. The molecule has 128 valence electrons. The molecule has 0 aromatic heterocycles. The quantitative estimate of drug-likeness (QED) is 0.643. The first kappa shape index (κ1) is 16.6. The molecule has 3 rings (SSSR count). The number of carboxylic acids is 1. The van der Waals surface area contributed by atoms with Crippen LogP contribution in [0.3, 0.4) is 0 Å². The smallest absolute Gasteiger partial charge is 0.341 e. The van der Waals surface area contributed by atoms with Crippen molar-refractivity contribution in [2.24, 2.45) is 0 Å². The van der Waals surface area contributed by atoms with Crippen molar-refractivity contribution < 1.29 is 28.9 Å². The van der Waals surface area contributed by atoms with Crippen molar-refractivity contribution >= 4 is 17.8 Å². The van der Waals surface area contributed by atoms with Crippen LogP contribution in [-0.2, 0) is 4.79 Å². The van der Waals surface area contributed by atoms with Crippen LogP contribution in [0.15, 0.2) is 48.5 Å². The van der Waals surface area contributed by atoms with E-state index in [9.17, 15) is 9.59 Å². The Labute approximate surface area is 144 Å². The molecule has 1 N–H and O–H groups in total. The molecule has 2 aromatic rings. The summed E-state index contributed by atoms with van der Waals surface area (Å²) >= 11 is 0. The second-order valence-electron chi connectivity index (χ2n) is 5.28. The molecule has 1 aliphatic heterocycles. The molecule has 0 saturated carbocycles. The third-order valence-electron chi connectivity index (χ3n) is 3.51. The number of aliphatic carboxylic acids is 1. The number of carbonyl (C=O) groups is 2. The van der Waals surface area contributed by atoms with Crippen molar-refractivity contribution in [1.29, 1.82) is 0 Å². The monoisotopic (exact) mass is 340 g/mol. The number of benzene rings is 2. The van der Waals surface area contributed by atoms with Gasteiger partial charge in [0.15, 0.2) is 23.9 Å². The summed E-state index contributed by atoms with van der Waals surface area (Å²) in [6.45, 7) is 0.563. The summed E-state index contributed by atoms with van der Waals surface area (Å²) in [5, 5.41) is 8.57. The second-order valence-corrected chi connectivity index (χ2v) is 5.28. The summed E-state index contributed by atoms with van der Waals surface area (Å²) in [6, 6.07) is 11.8. The Hall–Kier alpha value is -3.28. The average Bonchev–Trinajstić information content (AvgIpc) is 2.64. The van der Waals surface area contributed by atoms with Crippen LogP contribution < -0.4 is 14.2 Å². The molecule has 1 heterocycles. The third kappa shape index (κ3) is 4.17. The highest BCUT2D eigenvalue weighted by Crippen LogP contribution is 2.34. The van der Waals surface area contributed by atoms with Crippen molar-refractivity contribution in [3.8, 4) is 17.2 Å². The van der Waals surface area contributed by atoms with Gasteiger partial charge in [0.2, 0.25) is 0 Å². The van der Waals surface area contributed by atoms with E-state index >= 15 is 0 Å². The number of hydrogen-bond acceptors (Lipinski definition) is 5. The second kappa shape index (κ2) is 7.53. The van der Waals surface area contributed by atoms with E-state index < -0.39 is 12.6 Å². The molecule has 0 radical (unpaired) electrons. The first-order valence-electron chi connectivity index (χ1n) is 7.69. The highest BCUT2D eigenvalue weighted by molar-refractivity contribution is 6.07. The lowest BCUT2D eigenvalue weighted by Crippen LogP contribution is -2.15. The van der Waals surface area contributed by atoms with Gasteiger partial charge in [-0.3, -0.25) is 4.79 Å². The van der Waals surface area contributed by atoms with Gasteiger partial charge >= 0.3 is 5.97 Å². The van der Waals surface area contributed by atoms with Crippen LogP contribution in [0.4, 0.5) is 0 Å². The van der Waals surface area contributed by atoms with Crippen molar-refractivity contribution in [1.82, 2.24) is 0 Å². The minimum Gasteiger partial charge on any atom is -0.486 e. The fraction of sp³-hybridized carbons (Fsp3) is 0.158. The number of carbonyl (C=O) groups excluding carboxylic acids is 1. The molecule has 0 amide bonds. The first-order valence-corrected chi connectivity index (χ1v) is 7.69. The summed E-state index contributed by atoms with van der Waals surface area (Å²) in [4.78, 5) is 22.7. The van der Waals surface area contributed by atoms with Crippen molar-refractivity contribution in [2.75, 3.05) is 19.8 Å². The molecule has 1 aliphatic rings. The lowest BCUT2D eigenvalue weighted by molar-refractivity contribution is -0.139. The molecule has 6 heteroatoms. The Kier molecular flexibility index (Phi) is 4.99.